The lowest BCUT2D eigenvalue weighted by Gasteiger charge is -2.38. The van der Waals surface area contributed by atoms with Gasteiger partial charge in [-0.25, -0.2) is 22.0 Å². The standard InChI is InChI=1S/C23H15Cl3F5N3O/c24-13-3-1-2-12(16(13)26)23(35)32-11-4-5-15(14(25)10-11)33-6-8-34(9-7-33)22-20(30)18(28)17(27)19(29)21(22)31/h1-5,10H,6-9H2,(H,32,35). The third-order valence-electron chi connectivity index (χ3n) is 5.52. The molecule has 0 aromatic heterocycles. The Morgan fingerprint density at radius 1 is 0.743 bits per heavy atom. The van der Waals surface area contributed by atoms with Crippen LogP contribution in [-0.2, 0) is 0 Å². The molecule has 184 valence electrons. The number of rotatable bonds is 4. The maximum absolute atomic E-state index is 14.1. The highest BCUT2D eigenvalue weighted by Gasteiger charge is 2.31. The molecule has 4 nitrogen and oxygen atoms in total. The molecule has 1 N–H and O–H groups in total. The van der Waals surface area contributed by atoms with Gasteiger partial charge in [0.25, 0.3) is 5.91 Å². The zero-order chi connectivity index (χ0) is 25.4. The van der Waals surface area contributed by atoms with Crippen molar-refractivity contribution in [1.29, 1.82) is 0 Å². The maximum Gasteiger partial charge on any atom is 0.257 e. The molecule has 0 radical (unpaired) electrons. The van der Waals surface area contributed by atoms with Crippen LogP contribution in [0.3, 0.4) is 0 Å². The molecule has 1 aliphatic heterocycles. The largest absolute Gasteiger partial charge is 0.367 e. The van der Waals surface area contributed by atoms with Crippen LogP contribution >= 0.6 is 34.8 Å². The summed E-state index contributed by atoms with van der Waals surface area (Å²) in [5.74, 6) is -10.4. The van der Waals surface area contributed by atoms with Crippen LogP contribution in [0, 0.1) is 29.1 Å². The van der Waals surface area contributed by atoms with E-state index in [-0.39, 0.29) is 46.8 Å². The summed E-state index contributed by atoms with van der Waals surface area (Å²) in [4.78, 5) is 15.4. The topological polar surface area (TPSA) is 35.6 Å². The quantitative estimate of drug-likeness (QED) is 0.218. The zero-order valence-corrected chi connectivity index (χ0v) is 19.9. The second-order valence-corrected chi connectivity index (χ2v) is 8.81. The Kier molecular flexibility index (Phi) is 7.30. The molecule has 0 saturated carbocycles. The number of nitrogens with zero attached hydrogens (tertiary/aromatic N) is 2. The van der Waals surface area contributed by atoms with Crippen LogP contribution in [-0.4, -0.2) is 32.1 Å². The van der Waals surface area contributed by atoms with Crippen LogP contribution < -0.4 is 15.1 Å². The first-order valence-electron chi connectivity index (χ1n) is 10.2. The van der Waals surface area contributed by atoms with E-state index in [1.54, 1.807) is 29.2 Å². The number of benzene rings is 3. The van der Waals surface area contributed by atoms with E-state index < -0.39 is 40.7 Å². The Morgan fingerprint density at radius 3 is 1.91 bits per heavy atom. The van der Waals surface area contributed by atoms with Crippen LogP contribution in [0.2, 0.25) is 15.1 Å². The third kappa shape index (κ3) is 4.85. The number of anilines is 3. The third-order valence-corrected chi connectivity index (χ3v) is 6.65. The Hall–Kier alpha value is -2.75. The van der Waals surface area contributed by atoms with E-state index in [1.165, 1.54) is 12.1 Å². The number of carbonyl (C=O) groups excluding carboxylic acids is 1. The molecule has 1 aliphatic rings. The summed E-state index contributed by atoms with van der Waals surface area (Å²) in [5.41, 5.74) is 0.191. The van der Waals surface area contributed by atoms with Gasteiger partial charge >= 0.3 is 0 Å². The van der Waals surface area contributed by atoms with Gasteiger partial charge in [-0.1, -0.05) is 40.9 Å². The SMILES string of the molecule is O=C(Nc1ccc(N2CCN(c3c(F)c(F)c(F)c(F)c3F)CC2)c(Cl)c1)c1cccc(Cl)c1Cl. The number of amides is 1. The van der Waals surface area contributed by atoms with Crippen molar-refractivity contribution in [3.63, 3.8) is 0 Å². The number of piperazine rings is 1. The van der Waals surface area contributed by atoms with Gasteiger partial charge in [-0.05, 0) is 30.3 Å². The fraction of sp³-hybridized carbons (Fsp3) is 0.174. The Balaban J connectivity index is 1.47. The molecule has 0 spiro atoms. The van der Waals surface area contributed by atoms with Crippen LogP contribution in [0.25, 0.3) is 0 Å². The average Bonchev–Trinajstić information content (AvgIpc) is 2.84. The van der Waals surface area contributed by atoms with Crippen molar-refractivity contribution >= 4 is 57.8 Å². The first-order chi connectivity index (χ1) is 16.6. The van der Waals surface area contributed by atoms with Crippen molar-refractivity contribution in [3.05, 3.63) is 86.1 Å². The summed E-state index contributed by atoms with van der Waals surface area (Å²) >= 11 is 18.4. The van der Waals surface area contributed by atoms with E-state index in [9.17, 15) is 26.7 Å². The summed E-state index contributed by atoms with van der Waals surface area (Å²) in [6, 6.07) is 9.43. The summed E-state index contributed by atoms with van der Waals surface area (Å²) in [6.07, 6.45) is 0. The van der Waals surface area contributed by atoms with Crippen molar-refractivity contribution in [2.45, 2.75) is 0 Å². The average molecular weight is 551 g/mol. The summed E-state index contributed by atoms with van der Waals surface area (Å²) < 4.78 is 68.8. The lowest BCUT2D eigenvalue weighted by Crippen LogP contribution is -2.47. The second-order valence-electron chi connectivity index (χ2n) is 7.61. The molecule has 0 aliphatic carbocycles. The number of nitrogens with one attached hydrogen (secondary N) is 1. The molecular weight excluding hydrogens is 536 g/mol. The van der Waals surface area contributed by atoms with Gasteiger partial charge in [0.1, 0.15) is 5.69 Å². The molecular formula is C23H15Cl3F5N3O. The summed E-state index contributed by atoms with van der Waals surface area (Å²) in [7, 11) is 0. The van der Waals surface area contributed by atoms with Gasteiger partial charge in [0, 0.05) is 31.9 Å². The maximum atomic E-state index is 14.1. The van der Waals surface area contributed by atoms with E-state index >= 15 is 0 Å². The van der Waals surface area contributed by atoms with Gasteiger partial charge in [-0.3, -0.25) is 4.79 Å². The minimum atomic E-state index is -2.20. The molecule has 3 aromatic rings. The van der Waals surface area contributed by atoms with Crippen molar-refractivity contribution < 1.29 is 26.7 Å². The van der Waals surface area contributed by atoms with E-state index in [4.69, 9.17) is 34.8 Å². The first-order valence-corrected chi connectivity index (χ1v) is 11.3. The molecule has 0 unspecified atom stereocenters. The number of hydrogen-bond acceptors (Lipinski definition) is 3. The molecule has 1 heterocycles. The van der Waals surface area contributed by atoms with Crippen LogP contribution in [0.4, 0.5) is 39.0 Å². The normalized spacial score (nSPS) is 13.8. The minimum absolute atomic E-state index is 0.0135. The molecule has 35 heavy (non-hydrogen) atoms. The van der Waals surface area contributed by atoms with E-state index in [1.807, 2.05) is 0 Å². The predicted octanol–water partition coefficient (Wildman–Crippen LogP) is 6.92. The van der Waals surface area contributed by atoms with Gasteiger partial charge in [0.15, 0.2) is 23.3 Å². The number of halogens is 8. The molecule has 1 fully saturated rings. The first kappa shape index (κ1) is 25.3. The summed E-state index contributed by atoms with van der Waals surface area (Å²) in [5, 5.41) is 3.30. The van der Waals surface area contributed by atoms with Crippen molar-refractivity contribution in [2.24, 2.45) is 0 Å². The highest BCUT2D eigenvalue weighted by Crippen LogP contribution is 2.34. The highest BCUT2D eigenvalue weighted by atomic mass is 35.5. The lowest BCUT2D eigenvalue weighted by atomic mass is 10.1. The smallest absolute Gasteiger partial charge is 0.257 e. The molecule has 3 aromatic carbocycles. The lowest BCUT2D eigenvalue weighted by molar-refractivity contribution is 0.102. The minimum Gasteiger partial charge on any atom is -0.367 e. The Bertz CT molecular complexity index is 1290. The molecule has 0 bridgehead atoms. The molecule has 12 heteroatoms. The summed E-state index contributed by atoms with van der Waals surface area (Å²) in [6.45, 7) is 0.368. The van der Waals surface area contributed by atoms with Crippen LogP contribution in [0.5, 0.6) is 0 Å². The number of hydrogen-bond donors (Lipinski definition) is 1. The van der Waals surface area contributed by atoms with Crippen molar-refractivity contribution in [1.82, 2.24) is 0 Å². The highest BCUT2D eigenvalue weighted by molar-refractivity contribution is 6.44. The van der Waals surface area contributed by atoms with Gasteiger partial charge in [0.05, 0.1) is 26.3 Å². The molecule has 1 saturated heterocycles. The van der Waals surface area contributed by atoms with Crippen LogP contribution in [0.15, 0.2) is 36.4 Å². The molecule has 1 amide bonds. The van der Waals surface area contributed by atoms with Gasteiger partial charge in [-0.2, -0.15) is 0 Å². The van der Waals surface area contributed by atoms with Crippen molar-refractivity contribution in [2.75, 3.05) is 41.3 Å². The Morgan fingerprint density at radius 2 is 1.31 bits per heavy atom. The van der Waals surface area contributed by atoms with Gasteiger partial charge in [-0.15, -0.1) is 0 Å². The van der Waals surface area contributed by atoms with Gasteiger partial charge < -0.3 is 15.1 Å². The van der Waals surface area contributed by atoms with E-state index in [0.29, 0.717) is 11.4 Å². The van der Waals surface area contributed by atoms with Crippen molar-refractivity contribution in [3.8, 4) is 0 Å². The predicted molar refractivity (Wildman–Crippen MR) is 127 cm³/mol. The molecule has 4 rings (SSSR count). The zero-order valence-electron chi connectivity index (χ0n) is 17.6. The number of carbonyl (C=O) groups is 1. The van der Waals surface area contributed by atoms with E-state index in [0.717, 1.165) is 4.90 Å². The van der Waals surface area contributed by atoms with Gasteiger partial charge in [0.2, 0.25) is 5.82 Å². The van der Waals surface area contributed by atoms with Crippen LogP contribution in [0.1, 0.15) is 10.4 Å². The van der Waals surface area contributed by atoms with E-state index in [2.05, 4.69) is 5.32 Å². The molecule has 0 atom stereocenters. The Labute approximate surface area is 211 Å². The fourth-order valence-corrected chi connectivity index (χ4v) is 4.45. The monoisotopic (exact) mass is 549 g/mol. The fourth-order valence-electron chi connectivity index (χ4n) is 3.76. The second kappa shape index (κ2) is 10.1.